The molecule has 1 N–H and O–H groups in total. The first-order valence-electron chi connectivity index (χ1n) is 4.20. The molecule has 0 radical (unpaired) electrons. The van der Waals surface area contributed by atoms with Crippen molar-refractivity contribution in [3.8, 4) is 0 Å². The molecular weight excluding hydrogens is 191 g/mol. The first-order valence-corrected chi connectivity index (χ1v) is 6.12. The zero-order valence-electron chi connectivity index (χ0n) is 8.48. The van der Waals surface area contributed by atoms with Crippen molar-refractivity contribution in [1.82, 2.24) is 0 Å². The van der Waals surface area contributed by atoms with Crippen molar-refractivity contribution >= 4 is 13.3 Å². The van der Waals surface area contributed by atoms with Crippen molar-refractivity contribution in [3.05, 3.63) is 0 Å². The molecule has 0 bridgehead atoms. The van der Waals surface area contributed by atoms with E-state index in [0.29, 0.717) is 0 Å². The van der Waals surface area contributed by atoms with Crippen molar-refractivity contribution in [2.24, 2.45) is 5.92 Å². The summed E-state index contributed by atoms with van der Waals surface area (Å²) in [7, 11) is -1.91. The summed E-state index contributed by atoms with van der Waals surface area (Å²) >= 11 is 0. The van der Waals surface area contributed by atoms with E-state index in [2.05, 4.69) is 4.74 Å². The highest BCUT2D eigenvalue weighted by molar-refractivity contribution is 7.58. The van der Waals surface area contributed by atoms with Gasteiger partial charge in [-0.05, 0) is 0 Å². The molecule has 0 heterocycles. The standard InChI is InChI=1S/C8H17O4P/c1-6(2)13(10,11)5-7(3)8(9)12-4/h6-7H,5H2,1-4H3,(H,10,11). The lowest BCUT2D eigenvalue weighted by molar-refractivity contribution is -0.144. The number of carbonyl (C=O) groups is 1. The molecule has 0 amide bonds. The van der Waals surface area contributed by atoms with Gasteiger partial charge >= 0.3 is 5.97 Å². The maximum Gasteiger partial charge on any atom is 0.308 e. The highest BCUT2D eigenvalue weighted by Crippen LogP contribution is 2.47. The third kappa shape index (κ3) is 3.92. The van der Waals surface area contributed by atoms with Gasteiger partial charge in [-0.25, -0.2) is 0 Å². The molecule has 0 aliphatic carbocycles. The third-order valence-corrected chi connectivity index (χ3v) is 4.63. The van der Waals surface area contributed by atoms with Crippen molar-refractivity contribution in [2.45, 2.75) is 26.4 Å². The number of methoxy groups -OCH3 is 1. The van der Waals surface area contributed by atoms with Gasteiger partial charge in [-0.2, -0.15) is 0 Å². The second-order valence-corrected chi connectivity index (χ2v) is 6.37. The normalized spacial score (nSPS) is 18.0. The van der Waals surface area contributed by atoms with E-state index in [4.69, 9.17) is 0 Å². The molecule has 13 heavy (non-hydrogen) atoms. The van der Waals surface area contributed by atoms with Crippen LogP contribution >= 0.6 is 7.37 Å². The summed E-state index contributed by atoms with van der Waals surface area (Å²) in [6.07, 6.45) is -0.00264. The smallest absolute Gasteiger partial charge is 0.308 e. The fourth-order valence-electron chi connectivity index (χ4n) is 0.879. The minimum absolute atomic E-state index is 0.00264. The Hall–Kier alpha value is -0.340. The summed E-state index contributed by atoms with van der Waals surface area (Å²) in [5.74, 6) is -0.946. The van der Waals surface area contributed by atoms with E-state index in [1.165, 1.54) is 7.11 Å². The van der Waals surface area contributed by atoms with Gasteiger partial charge in [0.15, 0.2) is 0 Å². The number of carbonyl (C=O) groups excluding carboxylic acids is 1. The Kier molecular flexibility index (Phi) is 4.65. The van der Waals surface area contributed by atoms with Crippen LogP contribution in [-0.2, 0) is 14.1 Å². The van der Waals surface area contributed by atoms with Crippen molar-refractivity contribution in [2.75, 3.05) is 13.3 Å². The van der Waals surface area contributed by atoms with Gasteiger partial charge in [0.25, 0.3) is 0 Å². The molecule has 2 unspecified atom stereocenters. The fourth-order valence-corrected chi connectivity index (χ4v) is 2.23. The molecule has 4 nitrogen and oxygen atoms in total. The van der Waals surface area contributed by atoms with E-state index >= 15 is 0 Å². The van der Waals surface area contributed by atoms with E-state index in [0.717, 1.165) is 0 Å². The van der Waals surface area contributed by atoms with Crippen LogP contribution in [0.15, 0.2) is 0 Å². The first-order chi connectivity index (χ1) is 5.81. The molecule has 0 aliphatic heterocycles. The topological polar surface area (TPSA) is 63.6 Å². The van der Waals surface area contributed by atoms with Crippen LogP contribution in [0.25, 0.3) is 0 Å². The van der Waals surface area contributed by atoms with E-state index in [-0.39, 0.29) is 11.8 Å². The Morgan fingerprint density at radius 3 is 2.23 bits per heavy atom. The Morgan fingerprint density at radius 2 is 1.92 bits per heavy atom. The van der Waals surface area contributed by atoms with Crippen LogP contribution in [-0.4, -0.2) is 29.8 Å². The summed E-state index contributed by atoms with van der Waals surface area (Å²) in [4.78, 5) is 20.4. The molecule has 78 valence electrons. The summed E-state index contributed by atoms with van der Waals surface area (Å²) in [5, 5.41) is 0. The lowest BCUT2D eigenvalue weighted by Gasteiger charge is -2.18. The van der Waals surface area contributed by atoms with Gasteiger partial charge in [0, 0.05) is 11.8 Å². The first kappa shape index (κ1) is 12.7. The quantitative estimate of drug-likeness (QED) is 0.561. The summed E-state index contributed by atoms with van der Waals surface area (Å²) < 4.78 is 16.0. The van der Waals surface area contributed by atoms with E-state index < -0.39 is 19.3 Å². The SMILES string of the molecule is COC(=O)C(C)CP(=O)(O)C(C)C. The highest BCUT2D eigenvalue weighted by Gasteiger charge is 2.29. The van der Waals surface area contributed by atoms with Crippen LogP contribution in [0, 0.1) is 5.92 Å². The van der Waals surface area contributed by atoms with Crippen LogP contribution in [0.1, 0.15) is 20.8 Å². The summed E-state index contributed by atoms with van der Waals surface area (Å²) in [6, 6.07) is 0. The van der Waals surface area contributed by atoms with Gasteiger partial charge in [-0.15, -0.1) is 0 Å². The lowest BCUT2D eigenvalue weighted by Crippen LogP contribution is -2.18. The van der Waals surface area contributed by atoms with Gasteiger partial charge in [-0.1, -0.05) is 20.8 Å². The molecule has 0 aliphatic rings. The summed E-state index contributed by atoms with van der Waals surface area (Å²) in [5.41, 5.74) is -0.306. The van der Waals surface area contributed by atoms with Crippen LogP contribution in [0.4, 0.5) is 0 Å². The number of hydrogen-bond acceptors (Lipinski definition) is 3. The van der Waals surface area contributed by atoms with Gasteiger partial charge in [0.05, 0.1) is 13.0 Å². The Bertz CT molecular complexity index is 224. The lowest BCUT2D eigenvalue weighted by atomic mass is 10.2. The van der Waals surface area contributed by atoms with Crippen molar-refractivity contribution < 1.29 is 19.0 Å². The highest BCUT2D eigenvalue weighted by atomic mass is 31.2. The second-order valence-electron chi connectivity index (χ2n) is 3.46. The van der Waals surface area contributed by atoms with Gasteiger partial charge in [0.2, 0.25) is 7.37 Å². The van der Waals surface area contributed by atoms with Gasteiger partial charge < -0.3 is 9.63 Å². The molecular formula is C8H17O4P. The molecule has 0 aromatic rings. The van der Waals surface area contributed by atoms with Crippen LogP contribution in [0.2, 0.25) is 0 Å². The van der Waals surface area contributed by atoms with Gasteiger partial charge in [0.1, 0.15) is 0 Å². The number of hydrogen-bond donors (Lipinski definition) is 1. The molecule has 0 saturated carbocycles. The molecule has 0 fully saturated rings. The van der Waals surface area contributed by atoms with Crippen LogP contribution < -0.4 is 0 Å². The molecule has 2 atom stereocenters. The van der Waals surface area contributed by atoms with Crippen molar-refractivity contribution in [1.29, 1.82) is 0 Å². The predicted octanol–water partition coefficient (Wildman–Crippen LogP) is 1.47. The molecule has 0 aromatic heterocycles. The average Bonchev–Trinajstić information content (AvgIpc) is 2.01. The van der Waals surface area contributed by atoms with Crippen molar-refractivity contribution in [3.63, 3.8) is 0 Å². The Labute approximate surface area is 78.7 Å². The van der Waals surface area contributed by atoms with Crippen LogP contribution in [0.3, 0.4) is 0 Å². The Balaban J connectivity index is 4.28. The zero-order valence-corrected chi connectivity index (χ0v) is 9.38. The zero-order chi connectivity index (χ0) is 10.6. The molecule has 0 spiro atoms. The molecule has 0 saturated heterocycles. The Morgan fingerprint density at radius 1 is 1.46 bits per heavy atom. The monoisotopic (exact) mass is 208 g/mol. The fraction of sp³-hybridized carbons (Fsp3) is 0.875. The molecule has 5 heteroatoms. The van der Waals surface area contributed by atoms with E-state index in [1.807, 2.05) is 0 Å². The third-order valence-electron chi connectivity index (χ3n) is 1.95. The maximum atomic E-state index is 11.5. The number of ether oxygens (including phenoxy) is 1. The maximum absolute atomic E-state index is 11.5. The van der Waals surface area contributed by atoms with E-state index in [9.17, 15) is 14.3 Å². The predicted molar refractivity (Wildman–Crippen MR) is 51.0 cm³/mol. The molecule has 0 rings (SSSR count). The average molecular weight is 208 g/mol. The minimum Gasteiger partial charge on any atom is -0.469 e. The number of rotatable bonds is 4. The van der Waals surface area contributed by atoms with Crippen LogP contribution in [0.5, 0.6) is 0 Å². The van der Waals surface area contributed by atoms with E-state index in [1.54, 1.807) is 20.8 Å². The largest absolute Gasteiger partial charge is 0.469 e. The summed E-state index contributed by atoms with van der Waals surface area (Å²) in [6.45, 7) is 4.94. The minimum atomic E-state index is -3.19. The second kappa shape index (κ2) is 4.77. The number of esters is 1. The molecule has 0 aromatic carbocycles. The van der Waals surface area contributed by atoms with Gasteiger partial charge in [-0.3, -0.25) is 9.36 Å².